The molecule has 0 spiro atoms. The molecule has 0 aliphatic carbocycles. The van der Waals surface area contributed by atoms with Crippen molar-refractivity contribution in [2.24, 2.45) is 0 Å². The second-order valence-corrected chi connectivity index (χ2v) is 4.96. The maximum atomic E-state index is 13.2. The molecule has 1 aliphatic rings. The number of benzene rings is 1. The zero-order valence-electron chi connectivity index (χ0n) is 11.1. The van der Waals surface area contributed by atoms with Crippen LogP contribution in [0.3, 0.4) is 0 Å². The van der Waals surface area contributed by atoms with Gasteiger partial charge >= 0.3 is 0 Å². The van der Waals surface area contributed by atoms with Crippen molar-refractivity contribution in [2.45, 2.75) is 19.4 Å². The van der Waals surface area contributed by atoms with Crippen LogP contribution in [0.1, 0.15) is 13.8 Å². The van der Waals surface area contributed by atoms with Crippen LogP contribution in [0.15, 0.2) is 24.3 Å². The zero-order chi connectivity index (χ0) is 13.0. The molecule has 0 bridgehead atoms. The molecule has 1 fully saturated rings. The molecular weight excluding hydrogens is 231 g/mol. The first-order chi connectivity index (χ1) is 8.63. The number of anilines is 1. The number of hydrogen-bond acceptors (Lipinski definition) is 3. The van der Waals surface area contributed by atoms with E-state index >= 15 is 0 Å². The van der Waals surface area contributed by atoms with Crippen LogP contribution >= 0.6 is 0 Å². The fourth-order valence-corrected chi connectivity index (χ4v) is 2.12. The highest BCUT2D eigenvalue weighted by Crippen LogP contribution is 2.17. The normalized spacial score (nSPS) is 17.3. The number of ether oxygens (including phenoxy) is 1. The second-order valence-electron chi connectivity index (χ2n) is 4.96. The van der Waals surface area contributed by atoms with Crippen molar-refractivity contribution in [3.63, 3.8) is 0 Å². The van der Waals surface area contributed by atoms with Gasteiger partial charge in [0.2, 0.25) is 0 Å². The van der Waals surface area contributed by atoms with Crippen molar-refractivity contribution in [3.05, 3.63) is 30.1 Å². The van der Waals surface area contributed by atoms with Crippen LogP contribution in [0.4, 0.5) is 10.1 Å². The van der Waals surface area contributed by atoms with Gasteiger partial charge in [0.1, 0.15) is 5.82 Å². The molecule has 100 valence electrons. The van der Waals surface area contributed by atoms with Crippen LogP contribution in [0.2, 0.25) is 0 Å². The summed E-state index contributed by atoms with van der Waals surface area (Å²) in [6, 6.07) is 6.70. The Labute approximate surface area is 108 Å². The van der Waals surface area contributed by atoms with Gasteiger partial charge in [-0.2, -0.15) is 0 Å². The summed E-state index contributed by atoms with van der Waals surface area (Å²) in [6.07, 6.45) is 0. The Morgan fingerprint density at radius 3 is 2.78 bits per heavy atom. The van der Waals surface area contributed by atoms with Gasteiger partial charge in [-0.15, -0.1) is 0 Å². The summed E-state index contributed by atoms with van der Waals surface area (Å²) in [5.41, 5.74) is 0.902. The number of nitrogens with one attached hydrogen (secondary N) is 1. The van der Waals surface area contributed by atoms with Gasteiger partial charge in [-0.25, -0.2) is 4.39 Å². The van der Waals surface area contributed by atoms with Crippen molar-refractivity contribution < 1.29 is 9.13 Å². The summed E-state index contributed by atoms with van der Waals surface area (Å²) in [4.78, 5) is 2.12. The SMILES string of the molecule is CCN(CCOC1(C)CNC1)c1cccc(F)c1. The van der Waals surface area contributed by atoms with E-state index in [2.05, 4.69) is 24.1 Å². The minimum Gasteiger partial charge on any atom is -0.371 e. The molecule has 0 atom stereocenters. The van der Waals surface area contributed by atoms with E-state index in [4.69, 9.17) is 4.74 Å². The molecule has 1 aromatic carbocycles. The highest BCUT2D eigenvalue weighted by Gasteiger charge is 2.32. The largest absolute Gasteiger partial charge is 0.371 e. The number of likely N-dealkylation sites (N-methyl/N-ethyl adjacent to an activating group) is 1. The molecule has 4 heteroatoms. The van der Waals surface area contributed by atoms with Gasteiger partial charge in [0.25, 0.3) is 0 Å². The van der Waals surface area contributed by atoms with Crippen molar-refractivity contribution in [1.82, 2.24) is 5.32 Å². The lowest BCUT2D eigenvalue weighted by Crippen LogP contribution is -2.59. The third-order valence-corrected chi connectivity index (χ3v) is 3.36. The van der Waals surface area contributed by atoms with Gasteiger partial charge in [-0.05, 0) is 32.0 Å². The highest BCUT2D eigenvalue weighted by molar-refractivity contribution is 5.46. The third-order valence-electron chi connectivity index (χ3n) is 3.36. The van der Waals surface area contributed by atoms with Crippen LogP contribution in [-0.4, -0.2) is 38.4 Å². The average Bonchev–Trinajstić information content (AvgIpc) is 2.32. The monoisotopic (exact) mass is 252 g/mol. The van der Waals surface area contributed by atoms with Crippen molar-refractivity contribution in [2.75, 3.05) is 37.7 Å². The maximum Gasteiger partial charge on any atom is 0.125 e. The van der Waals surface area contributed by atoms with E-state index in [1.807, 2.05) is 6.07 Å². The van der Waals surface area contributed by atoms with E-state index in [1.165, 1.54) is 6.07 Å². The Morgan fingerprint density at radius 1 is 1.44 bits per heavy atom. The molecule has 1 saturated heterocycles. The summed E-state index contributed by atoms with van der Waals surface area (Å²) in [5.74, 6) is -0.193. The molecule has 0 amide bonds. The Bertz CT molecular complexity index is 393. The quantitative estimate of drug-likeness (QED) is 0.838. The lowest BCUT2D eigenvalue weighted by atomic mass is 10.0. The maximum absolute atomic E-state index is 13.2. The highest BCUT2D eigenvalue weighted by atomic mass is 19.1. The van der Waals surface area contributed by atoms with Crippen LogP contribution in [-0.2, 0) is 4.74 Å². The molecule has 1 N–H and O–H groups in total. The molecule has 18 heavy (non-hydrogen) atoms. The Hall–Kier alpha value is -1.13. The van der Waals surface area contributed by atoms with Crippen LogP contribution in [0.25, 0.3) is 0 Å². The minimum atomic E-state index is -0.193. The molecule has 1 aliphatic heterocycles. The number of hydrogen-bond donors (Lipinski definition) is 1. The fourth-order valence-electron chi connectivity index (χ4n) is 2.12. The van der Waals surface area contributed by atoms with Crippen LogP contribution < -0.4 is 10.2 Å². The summed E-state index contributed by atoms with van der Waals surface area (Å²) in [5, 5.41) is 3.20. The van der Waals surface area contributed by atoms with E-state index in [0.29, 0.717) is 6.61 Å². The van der Waals surface area contributed by atoms with Gasteiger partial charge in [0.15, 0.2) is 0 Å². The van der Waals surface area contributed by atoms with E-state index in [1.54, 1.807) is 12.1 Å². The average molecular weight is 252 g/mol. The first-order valence-electron chi connectivity index (χ1n) is 6.48. The molecule has 0 unspecified atom stereocenters. The summed E-state index contributed by atoms with van der Waals surface area (Å²) < 4.78 is 19.0. The lowest BCUT2D eigenvalue weighted by molar-refractivity contribution is -0.0633. The molecular formula is C14H21FN2O. The van der Waals surface area contributed by atoms with Crippen molar-refractivity contribution in [1.29, 1.82) is 0 Å². The summed E-state index contributed by atoms with van der Waals surface area (Å²) >= 11 is 0. The molecule has 3 nitrogen and oxygen atoms in total. The van der Waals surface area contributed by atoms with Crippen LogP contribution in [0.5, 0.6) is 0 Å². The fraction of sp³-hybridized carbons (Fsp3) is 0.571. The smallest absolute Gasteiger partial charge is 0.125 e. The summed E-state index contributed by atoms with van der Waals surface area (Å²) in [6.45, 7) is 8.32. The predicted molar refractivity (Wildman–Crippen MR) is 71.5 cm³/mol. The molecule has 1 aromatic rings. The second kappa shape index (κ2) is 5.67. The topological polar surface area (TPSA) is 24.5 Å². The van der Waals surface area contributed by atoms with Crippen molar-refractivity contribution in [3.8, 4) is 0 Å². The third kappa shape index (κ3) is 3.21. The van der Waals surface area contributed by atoms with Crippen LogP contribution in [0, 0.1) is 5.82 Å². The van der Waals surface area contributed by atoms with Gasteiger partial charge in [0.05, 0.1) is 12.2 Å². The Kier molecular flexibility index (Phi) is 4.19. The first kappa shape index (κ1) is 13.3. The number of halogens is 1. The van der Waals surface area contributed by atoms with Gasteiger partial charge in [-0.3, -0.25) is 0 Å². The predicted octanol–water partition coefficient (Wildman–Crippen LogP) is 2.03. The van der Waals surface area contributed by atoms with Gasteiger partial charge < -0.3 is 15.0 Å². The minimum absolute atomic E-state index is 0.0126. The Morgan fingerprint density at radius 2 is 2.22 bits per heavy atom. The van der Waals surface area contributed by atoms with E-state index in [-0.39, 0.29) is 11.4 Å². The van der Waals surface area contributed by atoms with E-state index in [9.17, 15) is 4.39 Å². The molecule has 1 heterocycles. The molecule has 0 aromatic heterocycles. The summed E-state index contributed by atoms with van der Waals surface area (Å²) in [7, 11) is 0. The van der Waals surface area contributed by atoms with E-state index < -0.39 is 0 Å². The van der Waals surface area contributed by atoms with Crippen molar-refractivity contribution >= 4 is 5.69 Å². The Balaban J connectivity index is 1.85. The van der Waals surface area contributed by atoms with E-state index in [0.717, 1.165) is 31.9 Å². The number of nitrogens with zero attached hydrogens (tertiary/aromatic N) is 1. The molecule has 0 radical (unpaired) electrons. The first-order valence-corrected chi connectivity index (χ1v) is 6.48. The molecule has 2 rings (SSSR count). The van der Waals surface area contributed by atoms with Gasteiger partial charge in [0, 0.05) is 31.9 Å². The number of rotatable bonds is 6. The molecule has 0 saturated carbocycles. The lowest BCUT2D eigenvalue weighted by Gasteiger charge is -2.39. The van der Waals surface area contributed by atoms with Gasteiger partial charge in [-0.1, -0.05) is 6.07 Å². The zero-order valence-corrected chi connectivity index (χ0v) is 11.1. The standard InChI is InChI=1S/C14H21FN2O/c1-3-17(13-6-4-5-12(15)9-13)7-8-18-14(2)10-16-11-14/h4-6,9,16H,3,7-8,10-11H2,1-2H3.